The first-order chi connectivity index (χ1) is 14.0. The van der Waals surface area contributed by atoms with Gasteiger partial charge in [-0.05, 0) is 43.5 Å². The van der Waals surface area contributed by atoms with Crippen LogP contribution in [0.3, 0.4) is 0 Å². The van der Waals surface area contributed by atoms with Gasteiger partial charge in [-0.1, -0.05) is 36.4 Å². The van der Waals surface area contributed by atoms with Crippen LogP contribution in [0.25, 0.3) is 0 Å². The molecule has 2 N–H and O–H groups in total. The minimum Gasteiger partial charge on any atom is -0.455 e. The van der Waals surface area contributed by atoms with Crippen molar-refractivity contribution in [2.75, 3.05) is 30.3 Å². The molecule has 1 heterocycles. The zero-order chi connectivity index (χ0) is 20.6. The third kappa shape index (κ3) is 5.81. The summed E-state index contributed by atoms with van der Waals surface area (Å²) in [6.07, 6.45) is 1.03. The average molecular weight is 395 g/mol. The fraction of sp³-hybridized carbons (Fsp3) is 0.318. The number of amides is 3. The number of benzene rings is 2. The molecule has 0 spiro atoms. The van der Waals surface area contributed by atoms with Crippen molar-refractivity contribution in [3.8, 4) is 0 Å². The molecule has 1 aliphatic heterocycles. The van der Waals surface area contributed by atoms with Crippen LogP contribution in [0.2, 0.25) is 0 Å². The van der Waals surface area contributed by atoms with Gasteiger partial charge in [-0.2, -0.15) is 0 Å². The first-order valence-electron chi connectivity index (χ1n) is 9.66. The standard InChI is InChI=1S/C22H25N3O4/c1-16-7-5-6-10-19(16)24-20(26)15-29-21(27)17-11-13-25(14-12-17)22(28)23-18-8-3-2-4-9-18/h2-10,17H,11-15H2,1H3,(H,23,28)(H,24,26). The van der Waals surface area contributed by atoms with E-state index in [1.165, 1.54) is 0 Å². The van der Waals surface area contributed by atoms with Crippen molar-refractivity contribution >= 4 is 29.3 Å². The monoisotopic (exact) mass is 395 g/mol. The SMILES string of the molecule is Cc1ccccc1NC(=O)COC(=O)C1CCN(C(=O)Nc2ccccc2)CC1. The highest BCUT2D eigenvalue weighted by molar-refractivity contribution is 5.93. The zero-order valence-corrected chi connectivity index (χ0v) is 16.4. The number of rotatable bonds is 5. The summed E-state index contributed by atoms with van der Waals surface area (Å²) in [4.78, 5) is 38.3. The van der Waals surface area contributed by atoms with E-state index in [9.17, 15) is 14.4 Å². The van der Waals surface area contributed by atoms with Crippen LogP contribution in [0.4, 0.5) is 16.2 Å². The summed E-state index contributed by atoms with van der Waals surface area (Å²) in [5, 5.41) is 5.58. The molecule has 152 valence electrons. The fourth-order valence-corrected chi connectivity index (χ4v) is 3.20. The molecule has 0 saturated carbocycles. The second kappa shape index (κ2) is 9.73. The van der Waals surface area contributed by atoms with Gasteiger partial charge in [-0.3, -0.25) is 9.59 Å². The molecule has 2 aromatic carbocycles. The summed E-state index contributed by atoms with van der Waals surface area (Å²) < 4.78 is 5.18. The number of esters is 1. The summed E-state index contributed by atoms with van der Waals surface area (Å²) in [6.45, 7) is 2.51. The van der Waals surface area contributed by atoms with Gasteiger partial charge in [0.25, 0.3) is 5.91 Å². The molecule has 7 nitrogen and oxygen atoms in total. The number of para-hydroxylation sites is 2. The van der Waals surface area contributed by atoms with E-state index in [1.807, 2.05) is 55.5 Å². The predicted octanol–water partition coefficient (Wildman–Crippen LogP) is 3.42. The summed E-state index contributed by atoms with van der Waals surface area (Å²) in [5.74, 6) is -1.07. The maximum Gasteiger partial charge on any atom is 0.321 e. The van der Waals surface area contributed by atoms with E-state index < -0.39 is 5.97 Å². The van der Waals surface area contributed by atoms with E-state index in [0.717, 1.165) is 11.3 Å². The molecule has 1 fully saturated rings. The fourth-order valence-electron chi connectivity index (χ4n) is 3.20. The van der Waals surface area contributed by atoms with Gasteiger partial charge in [-0.15, -0.1) is 0 Å². The lowest BCUT2D eigenvalue weighted by molar-refractivity contribution is -0.152. The average Bonchev–Trinajstić information content (AvgIpc) is 2.74. The van der Waals surface area contributed by atoms with Crippen LogP contribution < -0.4 is 10.6 Å². The lowest BCUT2D eigenvalue weighted by Gasteiger charge is -2.30. The Labute approximate surface area is 170 Å². The summed E-state index contributed by atoms with van der Waals surface area (Å²) in [6, 6.07) is 16.5. The van der Waals surface area contributed by atoms with Crippen molar-refractivity contribution in [1.29, 1.82) is 0 Å². The minimum absolute atomic E-state index is 0.180. The van der Waals surface area contributed by atoms with Crippen LogP contribution in [0.1, 0.15) is 18.4 Å². The van der Waals surface area contributed by atoms with Crippen molar-refractivity contribution in [3.63, 3.8) is 0 Å². The highest BCUT2D eigenvalue weighted by Crippen LogP contribution is 2.20. The second-order valence-corrected chi connectivity index (χ2v) is 7.03. The highest BCUT2D eigenvalue weighted by atomic mass is 16.5. The number of piperidine rings is 1. The Bertz CT molecular complexity index is 861. The van der Waals surface area contributed by atoms with E-state index in [-0.39, 0.29) is 24.5 Å². The first-order valence-corrected chi connectivity index (χ1v) is 9.66. The molecule has 1 saturated heterocycles. The Morgan fingerprint density at radius 2 is 1.62 bits per heavy atom. The summed E-state index contributed by atoms with van der Waals surface area (Å²) in [5.41, 5.74) is 2.37. The molecule has 29 heavy (non-hydrogen) atoms. The van der Waals surface area contributed by atoms with E-state index in [0.29, 0.717) is 31.6 Å². The first kappa shape index (κ1) is 20.4. The predicted molar refractivity (Wildman–Crippen MR) is 111 cm³/mol. The van der Waals surface area contributed by atoms with E-state index in [2.05, 4.69) is 10.6 Å². The van der Waals surface area contributed by atoms with Crippen LogP contribution in [-0.2, 0) is 14.3 Å². The molecule has 0 radical (unpaired) electrons. The van der Waals surface area contributed by atoms with E-state index >= 15 is 0 Å². The molecule has 2 aromatic rings. The number of nitrogens with one attached hydrogen (secondary N) is 2. The van der Waals surface area contributed by atoms with Gasteiger partial charge in [-0.25, -0.2) is 4.79 Å². The highest BCUT2D eigenvalue weighted by Gasteiger charge is 2.28. The van der Waals surface area contributed by atoms with Crippen LogP contribution in [0, 0.1) is 12.8 Å². The number of urea groups is 1. The molecule has 0 unspecified atom stereocenters. The topological polar surface area (TPSA) is 87.7 Å². The van der Waals surface area contributed by atoms with Gasteiger partial charge in [0.05, 0.1) is 5.92 Å². The minimum atomic E-state index is -0.395. The number of anilines is 2. The molecule has 0 aromatic heterocycles. The molecule has 0 atom stereocenters. The number of ether oxygens (including phenoxy) is 1. The normalized spacial score (nSPS) is 14.2. The molecular weight excluding hydrogens is 370 g/mol. The maximum absolute atomic E-state index is 12.3. The maximum atomic E-state index is 12.3. The molecule has 0 bridgehead atoms. The number of hydrogen-bond donors (Lipinski definition) is 2. The molecular formula is C22H25N3O4. The second-order valence-electron chi connectivity index (χ2n) is 7.03. The van der Waals surface area contributed by atoms with Crippen LogP contribution >= 0.6 is 0 Å². The molecule has 3 amide bonds. The van der Waals surface area contributed by atoms with E-state index in [1.54, 1.807) is 11.0 Å². The van der Waals surface area contributed by atoms with Gasteiger partial charge in [0.1, 0.15) is 0 Å². The van der Waals surface area contributed by atoms with Gasteiger partial charge in [0, 0.05) is 24.5 Å². The summed E-state index contributed by atoms with van der Waals surface area (Å²) in [7, 11) is 0. The van der Waals surface area contributed by atoms with Gasteiger partial charge in [0.2, 0.25) is 0 Å². The number of carbonyl (C=O) groups excluding carboxylic acids is 3. The Hall–Kier alpha value is -3.35. The molecule has 7 heteroatoms. The third-order valence-corrected chi connectivity index (χ3v) is 4.91. The Morgan fingerprint density at radius 3 is 2.31 bits per heavy atom. The van der Waals surface area contributed by atoms with Gasteiger partial charge < -0.3 is 20.3 Å². The number of carbonyl (C=O) groups is 3. The van der Waals surface area contributed by atoms with Gasteiger partial charge in [0.15, 0.2) is 6.61 Å². The largest absolute Gasteiger partial charge is 0.455 e. The smallest absolute Gasteiger partial charge is 0.321 e. The number of likely N-dealkylation sites (tertiary alicyclic amines) is 1. The quantitative estimate of drug-likeness (QED) is 0.760. The summed E-state index contributed by atoms with van der Waals surface area (Å²) >= 11 is 0. The third-order valence-electron chi connectivity index (χ3n) is 4.91. The van der Waals surface area contributed by atoms with Crippen LogP contribution in [-0.4, -0.2) is 42.5 Å². The zero-order valence-electron chi connectivity index (χ0n) is 16.4. The Balaban J connectivity index is 1.40. The van der Waals surface area contributed by atoms with Crippen LogP contribution in [0.15, 0.2) is 54.6 Å². The lowest BCUT2D eigenvalue weighted by Crippen LogP contribution is -2.43. The lowest BCUT2D eigenvalue weighted by atomic mass is 9.97. The van der Waals surface area contributed by atoms with Crippen molar-refractivity contribution < 1.29 is 19.1 Å². The van der Waals surface area contributed by atoms with Crippen LogP contribution in [0.5, 0.6) is 0 Å². The van der Waals surface area contributed by atoms with Gasteiger partial charge >= 0.3 is 12.0 Å². The van der Waals surface area contributed by atoms with Crippen molar-refractivity contribution in [2.24, 2.45) is 5.92 Å². The van der Waals surface area contributed by atoms with Crippen molar-refractivity contribution in [2.45, 2.75) is 19.8 Å². The van der Waals surface area contributed by atoms with Crippen molar-refractivity contribution in [3.05, 3.63) is 60.2 Å². The Kier molecular flexibility index (Phi) is 6.84. The number of nitrogens with zero attached hydrogens (tertiary/aromatic N) is 1. The van der Waals surface area contributed by atoms with Crippen molar-refractivity contribution in [1.82, 2.24) is 4.90 Å². The molecule has 1 aliphatic rings. The van der Waals surface area contributed by atoms with E-state index in [4.69, 9.17) is 4.74 Å². The molecule has 0 aliphatic carbocycles. The number of aryl methyl sites for hydroxylation is 1. The number of hydrogen-bond acceptors (Lipinski definition) is 4. The molecule has 3 rings (SSSR count). The Morgan fingerprint density at radius 1 is 0.966 bits per heavy atom.